The maximum atomic E-state index is 11.4. The molecular weight excluding hydrogens is 306 g/mol. The summed E-state index contributed by atoms with van der Waals surface area (Å²) in [7, 11) is 3.71. The molecule has 132 valence electrons. The van der Waals surface area contributed by atoms with Crippen molar-refractivity contribution in [2.45, 2.75) is 12.6 Å². The van der Waals surface area contributed by atoms with E-state index < -0.39 is 5.97 Å². The summed E-state index contributed by atoms with van der Waals surface area (Å²) in [5.41, 5.74) is 1.29. The first-order valence-corrected chi connectivity index (χ1v) is 8.56. The smallest absolute Gasteiger partial charge is 0.309 e. The van der Waals surface area contributed by atoms with Crippen molar-refractivity contribution in [1.29, 1.82) is 0 Å². The summed E-state index contributed by atoms with van der Waals surface area (Å²) in [6.07, 6.45) is 0. The molecule has 0 aliphatic carbocycles. The number of rotatable bonds is 4. The Labute approximate surface area is 143 Å². The van der Waals surface area contributed by atoms with Crippen molar-refractivity contribution in [1.82, 2.24) is 14.7 Å². The maximum absolute atomic E-state index is 11.4. The van der Waals surface area contributed by atoms with Crippen LogP contribution >= 0.6 is 0 Å². The van der Waals surface area contributed by atoms with Gasteiger partial charge < -0.3 is 14.7 Å². The lowest BCUT2D eigenvalue weighted by molar-refractivity contribution is -0.142. The number of carbonyl (C=O) groups is 1. The SMILES string of the molecule is COc1ccc(CN2CCN3C[C@@H](C(=O)O)CN(C)C[C@H]3C2)cc1. The van der Waals surface area contributed by atoms with E-state index in [0.29, 0.717) is 19.1 Å². The van der Waals surface area contributed by atoms with Crippen molar-refractivity contribution in [3.8, 4) is 5.75 Å². The monoisotopic (exact) mass is 333 g/mol. The average molecular weight is 333 g/mol. The molecule has 2 aliphatic rings. The number of carboxylic acids is 1. The Morgan fingerprint density at radius 2 is 1.92 bits per heavy atom. The number of likely N-dealkylation sites (N-methyl/N-ethyl adjacent to an activating group) is 1. The minimum Gasteiger partial charge on any atom is -0.497 e. The first kappa shape index (κ1) is 17.2. The molecule has 0 aromatic heterocycles. The summed E-state index contributed by atoms with van der Waals surface area (Å²) >= 11 is 0. The van der Waals surface area contributed by atoms with Gasteiger partial charge >= 0.3 is 5.97 Å². The van der Waals surface area contributed by atoms with Crippen molar-refractivity contribution in [3.05, 3.63) is 29.8 Å². The van der Waals surface area contributed by atoms with E-state index in [9.17, 15) is 9.90 Å². The fraction of sp³-hybridized carbons (Fsp3) is 0.611. The summed E-state index contributed by atoms with van der Waals surface area (Å²) in [5.74, 6) is -0.0787. The Morgan fingerprint density at radius 3 is 2.58 bits per heavy atom. The summed E-state index contributed by atoms with van der Waals surface area (Å²) in [5, 5.41) is 9.39. The predicted octanol–water partition coefficient (Wildman–Crippen LogP) is 0.828. The first-order valence-electron chi connectivity index (χ1n) is 8.56. The molecule has 1 N–H and O–H groups in total. The summed E-state index contributed by atoms with van der Waals surface area (Å²) in [6.45, 7) is 6.09. The molecule has 2 heterocycles. The highest BCUT2D eigenvalue weighted by Crippen LogP contribution is 2.20. The van der Waals surface area contributed by atoms with Gasteiger partial charge in [-0.3, -0.25) is 14.6 Å². The summed E-state index contributed by atoms with van der Waals surface area (Å²) in [4.78, 5) is 18.4. The van der Waals surface area contributed by atoms with Crippen LogP contribution in [0.4, 0.5) is 0 Å². The zero-order valence-electron chi connectivity index (χ0n) is 14.5. The van der Waals surface area contributed by atoms with Gasteiger partial charge in [-0.15, -0.1) is 0 Å². The molecule has 0 amide bonds. The van der Waals surface area contributed by atoms with Gasteiger partial charge in [0.25, 0.3) is 0 Å². The molecule has 3 rings (SSSR count). The minimum atomic E-state index is -0.678. The molecule has 1 aromatic carbocycles. The molecule has 1 aromatic rings. The van der Waals surface area contributed by atoms with Gasteiger partial charge in [0.15, 0.2) is 0 Å². The molecule has 2 aliphatic heterocycles. The number of piperazine rings is 1. The van der Waals surface area contributed by atoms with E-state index in [1.165, 1.54) is 5.56 Å². The van der Waals surface area contributed by atoms with Crippen molar-refractivity contribution in [2.75, 3.05) is 53.4 Å². The summed E-state index contributed by atoms with van der Waals surface area (Å²) < 4.78 is 5.21. The number of carboxylic acid groups (broad SMARTS) is 1. The van der Waals surface area contributed by atoms with Gasteiger partial charge in [-0.1, -0.05) is 12.1 Å². The van der Waals surface area contributed by atoms with Crippen LogP contribution in [0.25, 0.3) is 0 Å². The quantitative estimate of drug-likeness (QED) is 0.881. The largest absolute Gasteiger partial charge is 0.497 e. The lowest BCUT2D eigenvalue weighted by Crippen LogP contribution is -2.55. The second kappa shape index (κ2) is 7.51. The molecule has 0 radical (unpaired) electrons. The van der Waals surface area contributed by atoms with E-state index >= 15 is 0 Å². The molecule has 6 heteroatoms. The van der Waals surface area contributed by atoms with Gasteiger partial charge in [0.1, 0.15) is 5.75 Å². The van der Waals surface area contributed by atoms with Crippen molar-refractivity contribution >= 4 is 5.97 Å². The van der Waals surface area contributed by atoms with Gasteiger partial charge in [-0.2, -0.15) is 0 Å². The van der Waals surface area contributed by atoms with Crippen LogP contribution in [0, 0.1) is 5.92 Å². The van der Waals surface area contributed by atoms with E-state index in [4.69, 9.17) is 4.74 Å². The second-order valence-corrected chi connectivity index (χ2v) is 6.99. The predicted molar refractivity (Wildman–Crippen MR) is 92.3 cm³/mol. The molecule has 0 saturated carbocycles. The first-order chi connectivity index (χ1) is 11.5. The van der Waals surface area contributed by atoms with E-state index in [0.717, 1.165) is 38.5 Å². The fourth-order valence-corrected chi connectivity index (χ4v) is 3.81. The molecule has 2 saturated heterocycles. The van der Waals surface area contributed by atoms with Crippen LogP contribution in [0.5, 0.6) is 5.75 Å². The van der Waals surface area contributed by atoms with E-state index in [-0.39, 0.29) is 5.92 Å². The summed E-state index contributed by atoms with van der Waals surface area (Å²) in [6, 6.07) is 8.65. The second-order valence-electron chi connectivity index (χ2n) is 6.99. The number of hydrogen-bond acceptors (Lipinski definition) is 5. The van der Waals surface area contributed by atoms with E-state index in [2.05, 4.69) is 26.8 Å². The highest BCUT2D eigenvalue weighted by Gasteiger charge is 2.35. The van der Waals surface area contributed by atoms with Crippen LogP contribution in [0.3, 0.4) is 0 Å². The standard InChI is InChI=1S/C18H27N3O3/c1-19-10-15(18(22)23)11-21-8-7-20(13-16(21)12-19)9-14-3-5-17(24-2)6-4-14/h3-6,15-16H,7-13H2,1-2H3,(H,22,23)/t15-,16-/m0/s1. The Hall–Kier alpha value is -1.63. The van der Waals surface area contributed by atoms with Crippen LogP contribution in [-0.4, -0.2) is 85.2 Å². The number of nitrogens with zero attached hydrogens (tertiary/aromatic N) is 3. The van der Waals surface area contributed by atoms with Crippen molar-refractivity contribution < 1.29 is 14.6 Å². The number of aliphatic carboxylic acids is 1. The molecule has 2 atom stereocenters. The molecule has 2 fully saturated rings. The zero-order chi connectivity index (χ0) is 17.1. The van der Waals surface area contributed by atoms with Gasteiger partial charge in [-0.05, 0) is 24.7 Å². The molecule has 6 nitrogen and oxygen atoms in total. The van der Waals surface area contributed by atoms with E-state index in [1.54, 1.807) is 7.11 Å². The van der Waals surface area contributed by atoms with Crippen molar-refractivity contribution in [2.24, 2.45) is 5.92 Å². The van der Waals surface area contributed by atoms with Crippen LogP contribution < -0.4 is 4.74 Å². The lowest BCUT2D eigenvalue weighted by atomic mass is 10.1. The Bertz CT molecular complexity index is 563. The van der Waals surface area contributed by atoms with Gasteiger partial charge in [0.2, 0.25) is 0 Å². The Kier molecular flexibility index (Phi) is 5.38. The van der Waals surface area contributed by atoms with Crippen LogP contribution in [0.2, 0.25) is 0 Å². The molecule has 0 bridgehead atoms. The molecular formula is C18H27N3O3. The zero-order valence-corrected chi connectivity index (χ0v) is 14.5. The number of benzene rings is 1. The number of fused-ring (bicyclic) bond motifs is 1. The average Bonchev–Trinajstić information content (AvgIpc) is 2.73. The van der Waals surface area contributed by atoms with Crippen LogP contribution in [-0.2, 0) is 11.3 Å². The number of ether oxygens (including phenoxy) is 1. The lowest BCUT2D eigenvalue weighted by Gasteiger charge is -2.41. The third kappa shape index (κ3) is 4.06. The molecule has 24 heavy (non-hydrogen) atoms. The normalized spacial score (nSPS) is 26.6. The molecule has 0 spiro atoms. The Balaban J connectivity index is 1.61. The number of methoxy groups -OCH3 is 1. The Morgan fingerprint density at radius 1 is 1.17 bits per heavy atom. The van der Waals surface area contributed by atoms with E-state index in [1.807, 2.05) is 19.2 Å². The number of hydrogen-bond donors (Lipinski definition) is 1. The third-order valence-electron chi connectivity index (χ3n) is 5.11. The van der Waals surface area contributed by atoms with Gasteiger partial charge in [0, 0.05) is 51.9 Å². The topological polar surface area (TPSA) is 56.3 Å². The van der Waals surface area contributed by atoms with Crippen molar-refractivity contribution in [3.63, 3.8) is 0 Å². The highest BCUT2D eigenvalue weighted by atomic mass is 16.5. The molecule has 0 unspecified atom stereocenters. The van der Waals surface area contributed by atoms with Crippen LogP contribution in [0.1, 0.15) is 5.56 Å². The maximum Gasteiger partial charge on any atom is 0.309 e. The fourth-order valence-electron chi connectivity index (χ4n) is 3.81. The van der Waals surface area contributed by atoms with Gasteiger partial charge in [-0.25, -0.2) is 0 Å². The highest BCUT2D eigenvalue weighted by molar-refractivity contribution is 5.70. The van der Waals surface area contributed by atoms with Crippen LogP contribution in [0.15, 0.2) is 24.3 Å². The minimum absolute atomic E-state index is 0.284. The third-order valence-corrected chi connectivity index (χ3v) is 5.11. The van der Waals surface area contributed by atoms with Gasteiger partial charge in [0.05, 0.1) is 13.0 Å².